The van der Waals surface area contributed by atoms with Crippen LogP contribution < -0.4 is 4.90 Å². The normalized spacial score (nSPS) is 11.4. The van der Waals surface area contributed by atoms with Gasteiger partial charge in [0.25, 0.3) is 0 Å². The summed E-state index contributed by atoms with van der Waals surface area (Å²) in [6.07, 6.45) is 0. The van der Waals surface area contributed by atoms with E-state index in [9.17, 15) is 0 Å². The number of hydrogen-bond acceptors (Lipinski definition) is 1. The molecule has 0 aliphatic rings. The Balaban J connectivity index is 0.931. The summed E-state index contributed by atoms with van der Waals surface area (Å²) in [4.78, 5) is 2.40. The van der Waals surface area contributed by atoms with Crippen molar-refractivity contribution in [3.63, 3.8) is 0 Å². The van der Waals surface area contributed by atoms with Gasteiger partial charge in [-0.25, -0.2) is 0 Å². The minimum absolute atomic E-state index is 1.08. The van der Waals surface area contributed by atoms with Gasteiger partial charge in [0.05, 0.1) is 11.0 Å². The predicted octanol–water partition coefficient (Wildman–Crippen LogP) is 18.9. The van der Waals surface area contributed by atoms with E-state index in [4.69, 9.17) is 0 Å². The number of benzene rings is 12. The van der Waals surface area contributed by atoms with Gasteiger partial charge in [0, 0.05) is 38.9 Å². The van der Waals surface area contributed by atoms with Crippen molar-refractivity contribution in [3.05, 3.63) is 279 Å². The van der Waals surface area contributed by atoms with Gasteiger partial charge in [-0.3, -0.25) is 0 Å². The van der Waals surface area contributed by atoms with Gasteiger partial charge >= 0.3 is 0 Å². The number of aromatic nitrogens is 1. The molecule has 0 aliphatic heterocycles. The van der Waals surface area contributed by atoms with Gasteiger partial charge in [-0.15, -0.1) is 0 Å². The van der Waals surface area contributed by atoms with Crippen LogP contribution in [0.1, 0.15) is 0 Å². The molecule has 0 unspecified atom stereocenters. The average Bonchev–Trinajstić information content (AvgIpc) is 3.79. The molecule has 328 valence electrons. The Morgan fingerprint density at radius 1 is 0.257 bits per heavy atom. The SMILES string of the molecule is c1ccc(-c2cccc(-c3ccc(N(c4ccc(-c5ccc(-c6cccc7ccccc67)cc5)cc4)c4cccc(-c5cc6ccccc6c6c5c5ccccc5n6-c5ccccc5)c4)cc3)c2)cc1. The smallest absolute Gasteiger partial charge is 0.0625 e. The first-order valence-electron chi connectivity index (χ1n) is 24.1. The van der Waals surface area contributed by atoms with Crippen LogP contribution in [0.25, 0.3) is 105 Å². The molecule has 0 amide bonds. The number of anilines is 3. The van der Waals surface area contributed by atoms with Gasteiger partial charge in [0.15, 0.2) is 0 Å². The zero-order valence-corrected chi connectivity index (χ0v) is 38.5. The van der Waals surface area contributed by atoms with E-state index >= 15 is 0 Å². The lowest BCUT2D eigenvalue weighted by molar-refractivity contribution is 1.19. The van der Waals surface area contributed by atoms with Crippen molar-refractivity contribution in [2.45, 2.75) is 0 Å². The molecular weight excluding hydrogens is 845 g/mol. The molecule has 2 nitrogen and oxygen atoms in total. The first-order chi connectivity index (χ1) is 34.7. The van der Waals surface area contributed by atoms with Crippen molar-refractivity contribution in [1.82, 2.24) is 4.57 Å². The van der Waals surface area contributed by atoms with Gasteiger partial charge in [0.2, 0.25) is 0 Å². The second-order valence-corrected chi connectivity index (χ2v) is 18.1. The lowest BCUT2D eigenvalue weighted by Gasteiger charge is -2.26. The topological polar surface area (TPSA) is 8.17 Å². The molecule has 12 aromatic carbocycles. The Morgan fingerprint density at radius 2 is 0.743 bits per heavy atom. The van der Waals surface area contributed by atoms with Crippen molar-refractivity contribution >= 4 is 60.4 Å². The van der Waals surface area contributed by atoms with E-state index in [0.29, 0.717) is 0 Å². The zero-order chi connectivity index (χ0) is 46.4. The largest absolute Gasteiger partial charge is 0.310 e. The Morgan fingerprint density at radius 3 is 1.46 bits per heavy atom. The molecular formula is C68H46N2. The van der Waals surface area contributed by atoms with Crippen molar-refractivity contribution in [2.75, 3.05) is 4.90 Å². The second-order valence-electron chi connectivity index (χ2n) is 18.1. The third kappa shape index (κ3) is 7.31. The van der Waals surface area contributed by atoms with Crippen LogP contribution in [0.5, 0.6) is 0 Å². The Labute approximate surface area is 408 Å². The number of para-hydroxylation sites is 2. The van der Waals surface area contributed by atoms with Gasteiger partial charge in [0.1, 0.15) is 0 Å². The van der Waals surface area contributed by atoms with E-state index in [1.165, 1.54) is 93.4 Å². The molecule has 0 fully saturated rings. The maximum atomic E-state index is 2.45. The molecule has 1 heterocycles. The molecule has 0 spiro atoms. The number of fused-ring (bicyclic) bond motifs is 6. The van der Waals surface area contributed by atoms with Crippen LogP contribution in [-0.2, 0) is 0 Å². The quantitative estimate of drug-likeness (QED) is 0.140. The first kappa shape index (κ1) is 41.0. The Hall–Kier alpha value is -9.24. The highest BCUT2D eigenvalue weighted by Gasteiger charge is 2.21. The van der Waals surface area contributed by atoms with Crippen molar-refractivity contribution < 1.29 is 0 Å². The number of rotatable bonds is 9. The first-order valence-corrected chi connectivity index (χ1v) is 24.1. The average molecular weight is 891 g/mol. The summed E-state index contributed by atoms with van der Waals surface area (Å²) >= 11 is 0. The minimum atomic E-state index is 1.08. The lowest BCUT2D eigenvalue weighted by atomic mass is 9.94. The highest BCUT2D eigenvalue weighted by atomic mass is 15.1. The van der Waals surface area contributed by atoms with Gasteiger partial charge in [-0.2, -0.15) is 0 Å². The molecule has 0 radical (unpaired) electrons. The van der Waals surface area contributed by atoms with Gasteiger partial charge in [-0.05, 0) is 139 Å². The Bertz CT molecular complexity index is 4010. The third-order valence-corrected chi connectivity index (χ3v) is 14.0. The van der Waals surface area contributed by atoms with E-state index in [2.05, 4.69) is 289 Å². The molecule has 0 N–H and O–H groups in total. The Kier molecular flexibility index (Phi) is 10.2. The second kappa shape index (κ2) is 17.4. The summed E-state index contributed by atoms with van der Waals surface area (Å²) in [6.45, 7) is 0. The van der Waals surface area contributed by atoms with Crippen LogP contribution >= 0.6 is 0 Å². The third-order valence-electron chi connectivity index (χ3n) is 14.0. The summed E-state index contributed by atoms with van der Waals surface area (Å²) in [5, 5.41) is 7.44. The van der Waals surface area contributed by atoms with E-state index in [0.717, 1.165) is 28.3 Å². The summed E-state index contributed by atoms with van der Waals surface area (Å²) < 4.78 is 2.45. The van der Waals surface area contributed by atoms with Crippen LogP contribution in [0.4, 0.5) is 17.1 Å². The highest BCUT2D eigenvalue weighted by molar-refractivity contribution is 6.24. The van der Waals surface area contributed by atoms with Crippen LogP contribution in [0.15, 0.2) is 279 Å². The molecule has 70 heavy (non-hydrogen) atoms. The van der Waals surface area contributed by atoms with Crippen LogP contribution in [0, 0.1) is 0 Å². The fraction of sp³-hybridized carbons (Fsp3) is 0. The molecule has 13 aromatic rings. The summed E-state index contributed by atoms with van der Waals surface area (Å²) in [5.41, 5.74) is 18.8. The maximum absolute atomic E-state index is 2.45. The van der Waals surface area contributed by atoms with Crippen molar-refractivity contribution in [2.24, 2.45) is 0 Å². The molecule has 1 aromatic heterocycles. The zero-order valence-electron chi connectivity index (χ0n) is 38.5. The molecule has 0 bridgehead atoms. The number of nitrogens with zero attached hydrogens (tertiary/aromatic N) is 2. The van der Waals surface area contributed by atoms with E-state index in [1.54, 1.807) is 0 Å². The maximum Gasteiger partial charge on any atom is 0.0625 e. The van der Waals surface area contributed by atoms with Crippen molar-refractivity contribution in [3.8, 4) is 61.3 Å². The highest BCUT2D eigenvalue weighted by Crippen LogP contribution is 2.45. The van der Waals surface area contributed by atoms with E-state index < -0.39 is 0 Å². The van der Waals surface area contributed by atoms with Gasteiger partial charge in [-0.1, -0.05) is 212 Å². The molecule has 0 saturated carbocycles. The van der Waals surface area contributed by atoms with E-state index in [1.807, 2.05) is 0 Å². The van der Waals surface area contributed by atoms with Gasteiger partial charge < -0.3 is 9.47 Å². The summed E-state index contributed by atoms with van der Waals surface area (Å²) in [6, 6.07) is 102. The minimum Gasteiger partial charge on any atom is -0.310 e. The standard InChI is InChI=1S/C68H46N2/c1-3-16-47(17-4-1)53-21-13-22-54(44-53)50-38-42-59(43-39-50)69(58-40-36-49(37-41-58)48-32-34-52(35-33-48)62-30-15-20-51-18-7-9-27-61(51)62)60-26-14-23-55(45-60)65-46-56-19-8-10-28-63(56)68-67(65)64-29-11-12-31-66(64)70(68)57-24-5-2-6-25-57/h1-46H. The van der Waals surface area contributed by atoms with Crippen LogP contribution in [0.2, 0.25) is 0 Å². The molecule has 0 atom stereocenters. The molecule has 0 aliphatic carbocycles. The predicted molar refractivity (Wildman–Crippen MR) is 298 cm³/mol. The fourth-order valence-corrected chi connectivity index (χ4v) is 10.6. The monoisotopic (exact) mass is 890 g/mol. The van der Waals surface area contributed by atoms with Crippen LogP contribution in [0.3, 0.4) is 0 Å². The molecule has 0 saturated heterocycles. The molecule has 13 rings (SSSR count). The summed E-state index contributed by atoms with van der Waals surface area (Å²) in [5.74, 6) is 0. The van der Waals surface area contributed by atoms with Crippen LogP contribution in [-0.4, -0.2) is 4.57 Å². The fourth-order valence-electron chi connectivity index (χ4n) is 10.6. The lowest BCUT2D eigenvalue weighted by Crippen LogP contribution is -2.10. The summed E-state index contributed by atoms with van der Waals surface area (Å²) in [7, 11) is 0. The van der Waals surface area contributed by atoms with Crippen molar-refractivity contribution in [1.29, 1.82) is 0 Å². The number of hydrogen-bond donors (Lipinski definition) is 0. The van der Waals surface area contributed by atoms with E-state index in [-0.39, 0.29) is 0 Å². The molecule has 2 heteroatoms.